The van der Waals surface area contributed by atoms with E-state index in [1.165, 1.54) is 24.0 Å². The molecule has 6 nitrogen and oxygen atoms in total. The van der Waals surface area contributed by atoms with Gasteiger partial charge in [0, 0.05) is 24.9 Å². The molecule has 1 saturated carbocycles. The Labute approximate surface area is 148 Å². The van der Waals surface area contributed by atoms with E-state index in [2.05, 4.69) is 10.1 Å². The number of rotatable bonds is 4. The largest absolute Gasteiger partial charge is 0.573 e. The molecule has 1 aromatic carbocycles. The van der Waals surface area contributed by atoms with Gasteiger partial charge in [0.15, 0.2) is 0 Å². The number of carbonyl (C=O) groups excluding carboxylic acids is 2. The average molecular weight is 372 g/mol. The molecule has 1 heterocycles. The first-order valence-electron chi connectivity index (χ1n) is 8.15. The fraction of sp³-hybridized carbons (Fsp3) is 0.529. The summed E-state index contributed by atoms with van der Waals surface area (Å²) in [5, 5.41) is 2.62. The van der Waals surface area contributed by atoms with Crippen LogP contribution in [0.3, 0.4) is 0 Å². The van der Waals surface area contributed by atoms with Gasteiger partial charge in [-0.1, -0.05) is 6.07 Å². The fourth-order valence-electron chi connectivity index (χ4n) is 3.03. The lowest BCUT2D eigenvalue weighted by molar-refractivity contribution is -0.274. The van der Waals surface area contributed by atoms with Crippen LogP contribution in [0.2, 0.25) is 0 Å². The maximum absolute atomic E-state index is 12.4. The Kier molecular flexibility index (Phi) is 4.28. The van der Waals surface area contributed by atoms with Gasteiger partial charge >= 0.3 is 12.4 Å². The third kappa shape index (κ3) is 3.56. The van der Waals surface area contributed by atoms with E-state index in [0.29, 0.717) is 18.4 Å². The van der Waals surface area contributed by atoms with E-state index in [9.17, 15) is 22.8 Å². The van der Waals surface area contributed by atoms with Crippen molar-refractivity contribution in [2.24, 2.45) is 0 Å². The summed E-state index contributed by atoms with van der Waals surface area (Å²) in [6.45, 7) is 4.77. The second-order valence-corrected chi connectivity index (χ2v) is 7.07. The van der Waals surface area contributed by atoms with Crippen molar-refractivity contribution in [1.82, 2.24) is 10.2 Å². The predicted octanol–water partition coefficient (Wildman–Crippen LogP) is 3.13. The third-order valence-electron chi connectivity index (χ3n) is 4.51. The lowest BCUT2D eigenvalue weighted by Crippen LogP contribution is -2.52. The zero-order valence-corrected chi connectivity index (χ0v) is 14.5. The molecule has 3 amide bonds. The smallest absolute Gasteiger partial charge is 0.490 e. The van der Waals surface area contributed by atoms with Crippen molar-refractivity contribution in [3.63, 3.8) is 0 Å². The topological polar surface area (TPSA) is 67.9 Å². The second-order valence-electron chi connectivity index (χ2n) is 7.07. The Morgan fingerprint density at radius 2 is 1.88 bits per heavy atom. The molecule has 2 fully saturated rings. The van der Waals surface area contributed by atoms with Crippen LogP contribution in [0, 0.1) is 6.92 Å². The number of ether oxygens (including phenoxy) is 2. The zero-order valence-electron chi connectivity index (χ0n) is 14.5. The van der Waals surface area contributed by atoms with Gasteiger partial charge in [0.2, 0.25) is 0 Å². The van der Waals surface area contributed by atoms with E-state index in [1.807, 2.05) is 0 Å². The number of nitrogens with one attached hydrogen (secondary N) is 1. The summed E-state index contributed by atoms with van der Waals surface area (Å²) in [5.74, 6) is -0.361. The molecule has 0 bridgehead atoms. The summed E-state index contributed by atoms with van der Waals surface area (Å²) in [4.78, 5) is 25.4. The van der Waals surface area contributed by atoms with E-state index >= 15 is 0 Å². The van der Waals surface area contributed by atoms with Crippen LogP contribution in [0.4, 0.5) is 18.0 Å². The number of hydrogen-bond donors (Lipinski definition) is 1. The highest BCUT2D eigenvalue weighted by atomic mass is 19.4. The van der Waals surface area contributed by atoms with Crippen LogP contribution < -0.4 is 14.8 Å². The van der Waals surface area contributed by atoms with Crippen LogP contribution in [0.15, 0.2) is 18.2 Å². The molecule has 0 unspecified atom stereocenters. The third-order valence-corrected chi connectivity index (χ3v) is 4.51. The number of aryl methyl sites for hydroxylation is 1. The molecule has 1 N–H and O–H groups in total. The first-order chi connectivity index (χ1) is 12.0. The van der Waals surface area contributed by atoms with Gasteiger partial charge in [0.25, 0.3) is 5.91 Å². The maximum atomic E-state index is 12.4. The first-order valence-corrected chi connectivity index (χ1v) is 8.15. The minimum absolute atomic E-state index is 0.246. The molecule has 9 heteroatoms. The molecule has 142 valence electrons. The second kappa shape index (κ2) is 6.07. The number of urea groups is 1. The molecule has 1 aliphatic heterocycles. The Hall–Kier alpha value is -2.45. The van der Waals surface area contributed by atoms with Gasteiger partial charge < -0.3 is 14.8 Å². The molecule has 1 saturated heterocycles. The Morgan fingerprint density at radius 3 is 2.42 bits per heavy atom. The number of carbonyl (C=O) groups is 2. The van der Waals surface area contributed by atoms with Crippen LogP contribution in [0.5, 0.6) is 11.5 Å². The van der Waals surface area contributed by atoms with Gasteiger partial charge in [0.1, 0.15) is 23.1 Å². The van der Waals surface area contributed by atoms with Crippen molar-refractivity contribution in [2.45, 2.75) is 57.7 Å². The molecule has 2 aliphatic rings. The van der Waals surface area contributed by atoms with Crippen molar-refractivity contribution in [3.8, 4) is 11.5 Å². The standard InChI is InChI=1S/C17H19F3N2O4/c1-9-4-5-11(8-13(9)26-17(18,19)20)25-12-6-10(7-12)22-14(23)16(2,3)21-15(22)24/h4-5,8,10,12H,6-7H2,1-3H3,(H,21,24)/t10-,12+. The van der Waals surface area contributed by atoms with Gasteiger partial charge in [-0.25, -0.2) is 4.79 Å². The molecular formula is C17H19F3N2O4. The molecule has 0 radical (unpaired) electrons. The summed E-state index contributed by atoms with van der Waals surface area (Å²) < 4.78 is 46.9. The lowest BCUT2D eigenvalue weighted by atomic mass is 9.87. The first kappa shape index (κ1) is 18.3. The summed E-state index contributed by atoms with van der Waals surface area (Å²) in [6.07, 6.45) is -4.20. The normalized spacial score (nSPS) is 24.9. The highest BCUT2D eigenvalue weighted by molar-refractivity contribution is 6.06. The van der Waals surface area contributed by atoms with E-state index in [1.54, 1.807) is 19.9 Å². The number of halogens is 3. The molecule has 0 atom stereocenters. The van der Waals surface area contributed by atoms with Crippen molar-refractivity contribution in [2.75, 3.05) is 0 Å². The van der Waals surface area contributed by atoms with Crippen LogP contribution in [0.25, 0.3) is 0 Å². The summed E-state index contributed by atoms with van der Waals surface area (Å²) in [5.41, 5.74) is -0.591. The van der Waals surface area contributed by atoms with Crippen LogP contribution in [0.1, 0.15) is 32.3 Å². The number of imide groups is 1. The van der Waals surface area contributed by atoms with E-state index in [4.69, 9.17) is 4.74 Å². The van der Waals surface area contributed by atoms with E-state index < -0.39 is 17.9 Å². The van der Waals surface area contributed by atoms with Gasteiger partial charge in [-0.3, -0.25) is 9.69 Å². The van der Waals surface area contributed by atoms with E-state index in [0.717, 1.165) is 0 Å². The highest BCUT2D eigenvalue weighted by Crippen LogP contribution is 2.35. The van der Waals surface area contributed by atoms with Crippen LogP contribution in [-0.2, 0) is 4.79 Å². The summed E-state index contributed by atoms with van der Waals surface area (Å²) in [6, 6.07) is 3.52. The molecule has 26 heavy (non-hydrogen) atoms. The number of alkyl halides is 3. The number of nitrogens with zero attached hydrogens (tertiary/aromatic N) is 1. The fourth-order valence-corrected chi connectivity index (χ4v) is 3.03. The highest BCUT2D eigenvalue weighted by Gasteiger charge is 2.50. The summed E-state index contributed by atoms with van der Waals surface area (Å²) >= 11 is 0. The average Bonchev–Trinajstić information content (AvgIpc) is 2.65. The zero-order chi connectivity index (χ0) is 19.3. The quantitative estimate of drug-likeness (QED) is 0.825. The van der Waals surface area contributed by atoms with Crippen molar-refractivity contribution in [1.29, 1.82) is 0 Å². The summed E-state index contributed by atoms with van der Waals surface area (Å²) in [7, 11) is 0. The molecule has 3 rings (SSSR count). The van der Waals surface area contributed by atoms with Gasteiger partial charge in [0.05, 0.1) is 0 Å². The maximum Gasteiger partial charge on any atom is 0.573 e. The SMILES string of the molecule is Cc1ccc(O[C@H]2C[C@@H](N3C(=O)NC(C)(C)C3=O)C2)cc1OC(F)(F)F. The van der Waals surface area contributed by atoms with Crippen molar-refractivity contribution in [3.05, 3.63) is 23.8 Å². The minimum Gasteiger partial charge on any atom is -0.490 e. The Balaban J connectivity index is 1.60. The Bertz CT molecular complexity index is 742. The van der Waals surface area contributed by atoms with Crippen molar-refractivity contribution >= 4 is 11.9 Å². The molecule has 0 aromatic heterocycles. The van der Waals surface area contributed by atoms with Crippen molar-refractivity contribution < 1.29 is 32.2 Å². The predicted molar refractivity (Wildman–Crippen MR) is 84.8 cm³/mol. The molecule has 1 aliphatic carbocycles. The van der Waals surface area contributed by atoms with Gasteiger partial charge in [-0.15, -0.1) is 13.2 Å². The van der Waals surface area contributed by atoms with Crippen LogP contribution >= 0.6 is 0 Å². The number of amides is 3. The van der Waals surface area contributed by atoms with Gasteiger partial charge in [-0.05, 0) is 32.4 Å². The molecule has 1 aromatic rings. The molecular weight excluding hydrogens is 353 g/mol. The Morgan fingerprint density at radius 1 is 1.23 bits per heavy atom. The lowest BCUT2D eigenvalue weighted by Gasteiger charge is -2.39. The number of hydrogen-bond acceptors (Lipinski definition) is 4. The molecule has 0 spiro atoms. The van der Waals surface area contributed by atoms with E-state index in [-0.39, 0.29) is 29.6 Å². The van der Waals surface area contributed by atoms with Gasteiger partial charge in [-0.2, -0.15) is 0 Å². The monoisotopic (exact) mass is 372 g/mol. The minimum atomic E-state index is -4.78. The van der Waals surface area contributed by atoms with Crippen LogP contribution in [-0.4, -0.2) is 40.9 Å². The number of benzene rings is 1.